The van der Waals surface area contributed by atoms with Crippen molar-refractivity contribution in [2.75, 3.05) is 19.8 Å². The molecule has 84 valence electrons. The fourth-order valence-electron chi connectivity index (χ4n) is 1.45. The molecule has 0 aromatic heterocycles. The van der Waals surface area contributed by atoms with Crippen LogP contribution in [0.2, 0.25) is 0 Å². The quantitative estimate of drug-likeness (QED) is 0.495. The highest BCUT2D eigenvalue weighted by Crippen LogP contribution is 2.38. The molecule has 0 saturated carbocycles. The minimum atomic E-state index is -0.180. The van der Waals surface area contributed by atoms with Gasteiger partial charge in [0.05, 0.1) is 18.8 Å². The molecule has 1 rings (SSSR count). The Hall–Kier alpha value is -0.160. The lowest BCUT2D eigenvalue weighted by Gasteiger charge is -2.13. The van der Waals surface area contributed by atoms with Crippen LogP contribution in [0.1, 0.15) is 27.2 Å². The van der Waals surface area contributed by atoms with Crippen LogP contribution in [0.3, 0.4) is 0 Å². The number of aliphatic hydroxyl groups excluding tert-OH is 1. The third-order valence-electron chi connectivity index (χ3n) is 2.55. The van der Waals surface area contributed by atoms with Crippen LogP contribution >= 0.6 is 0 Å². The Balaban J connectivity index is 2.05. The SMILES string of the molecule is CCOC(C)OCCC1(C)OC1CO. The van der Waals surface area contributed by atoms with Gasteiger partial charge in [0.15, 0.2) is 6.29 Å². The number of aliphatic hydroxyl groups is 1. The highest BCUT2D eigenvalue weighted by atomic mass is 16.7. The predicted octanol–water partition coefficient (Wildman–Crippen LogP) is 0.925. The molecule has 1 fully saturated rings. The molecule has 1 N–H and O–H groups in total. The first-order valence-electron chi connectivity index (χ1n) is 5.14. The fourth-order valence-corrected chi connectivity index (χ4v) is 1.45. The van der Waals surface area contributed by atoms with Crippen molar-refractivity contribution in [1.82, 2.24) is 0 Å². The summed E-state index contributed by atoms with van der Waals surface area (Å²) in [6.07, 6.45) is 0.638. The van der Waals surface area contributed by atoms with Crippen molar-refractivity contribution in [3.63, 3.8) is 0 Å². The van der Waals surface area contributed by atoms with E-state index in [1.54, 1.807) is 0 Å². The third kappa shape index (κ3) is 3.20. The van der Waals surface area contributed by atoms with Crippen molar-refractivity contribution in [1.29, 1.82) is 0 Å². The van der Waals surface area contributed by atoms with Crippen LogP contribution in [0.15, 0.2) is 0 Å². The smallest absolute Gasteiger partial charge is 0.154 e. The molecule has 0 bridgehead atoms. The summed E-state index contributed by atoms with van der Waals surface area (Å²) in [5.41, 5.74) is -0.180. The first-order valence-corrected chi connectivity index (χ1v) is 5.14. The lowest BCUT2D eigenvalue weighted by molar-refractivity contribution is -0.129. The normalized spacial score (nSPS) is 33.0. The van der Waals surface area contributed by atoms with Crippen molar-refractivity contribution in [2.45, 2.75) is 45.2 Å². The van der Waals surface area contributed by atoms with E-state index in [9.17, 15) is 0 Å². The first kappa shape index (κ1) is 11.9. The molecule has 0 aromatic rings. The lowest BCUT2D eigenvalue weighted by atomic mass is 10.1. The summed E-state index contributed by atoms with van der Waals surface area (Å²) in [6.45, 7) is 7.17. The van der Waals surface area contributed by atoms with Gasteiger partial charge in [-0.25, -0.2) is 0 Å². The molecule has 1 aliphatic rings. The molecule has 4 nitrogen and oxygen atoms in total. The van der Waals surface area contributed by atoms with Gasteiger partial charge in [-0.3, -0.25) is 0 Å². The zero-order chi connectivity index (χ0) is 10.6. The Morgan fingerprint density at radius 3 is 2.71 bits per heavy atom. The summed E-state index contributed by atoms with van der Waals surface area (Å²) in [4.78, 5) is 0. The third-order valence-corrected chi connectivity index (χ3v) is 2.55. The van der Waals surface area contributed by atoms with Crippen LogP contribution in [0, 0.1) is 0 Å². The second-order valence-electron chi connectivity index (χ2n) is 3.75. The zero-order valence-corrected chi connectivity index (χ0v) is 9.16. The van der Waals surface area contributed by atoms with E-state index in [0.717, 1.165) is 6.42 Å². The fraction of sp³-hybridized carbons (Fsp3) is 1.00. The molecule has 14 heavy (non-hydrogen) atoms. The summed E-state index contributed by atoms with van der Waals surface area (Å²) in [6, 6.07) is 0. The Morgan fingerprint density at radius 1 is 1.50 bits per heavy atom. The Morgan fingerprint density at radius 2 is 2.21 bits per heavy atom. The summed E-state index contributed by atoms with van der Waals surface area (Å²) in [7, 11) is 0. The molecule has 4 heteroatoms. The Bertz CT molecular complexity index is 174. The van der Waals surface area contributed by atoms with Crippen LogP contribution in [0.5, 0.6) is 0 Å². The van der Waals surface area contributed by atoms with E-state index in [1.807, 2.05) is 20.8 Å². The molecule has 1 saturated heterocycles. The summed E-state index contributed by atoms with van der Waals surface area (Å²) < 4.78 is 15.9. The molecular weight excluding hydrogens is 184 g/mol. The highest BCUT2D eigenvalue weighted by Gasteiger charge is 2.51. The minimum absolute atomic E-state index is 0.00602. The second kappa shape index (κ2) is 5.07. The van der Waals surface area contributed by atoms with Crippen molar-refractivity contribution in [2.24, 2.45) is 0 Å². The van der Waals surface area contributed by atoms with Gasteiger partial charge in [0, 0.05) is 13.0 Å². The van der Waals surface area contributed by atoms with Crippen LogP contribution in [0.25, 0.3) is 0 Å². The maximum atomic E-state index is 8.84. The van der Waals surface area contributed by atoms with Crippen LogP contribution in [-0.2, 0) is 14.2 Å². The topological polar surface area (TPSA) is 51.2 Å². The largest absolute Gasteiger partial charge is 0.394 e. The van der Waals surface area contributed by atoms with Gasteiger partial charge in [-0.15, -0.1) is 0 Å². The van der Waals surface area contributed by atoms with Crippen molar-refractivity contribution < 1.29 is 19.3 Å². The van der Waals surface area contributed by atoms with E-state index in [1.165, 1.54) is 0 Å². The van der Waals surface area contributed by atoms with Crippen molar-refractivity contribution >= 4 is 0 Å². The maximum Gasteiger partial charge on any atom is 0.154 e. The summed E-state index contributed by atoms with van der Waals surface area (Å²) >= 11 is 0. The molecule has 0 spiro atoms. The predicted molar refractivity (Wildman–Crippen MR) is 52.0 cm³/mol. The average Bonchev–Trinajstić information content (AvgIpc) is 2.78. The average molecular weight is 204 g/mol. The van der Waals surface area contributed by atoms with Crippen LogP contribution < -0.4 is 0 Å². The van der Waals surface area contributed by atoms with Crippen LogP contribution in [-0.4, -0.2) is 42.9 Å². The maximum absolute atomic E-state index is 8.84. The Kier molecular flexibility index (Phi) is 4.31. The number of epoxide rings is 1. The molecule has 3 unspecified atom stereocenters. The Labute approximate surface area is 85.2 Å². The zero-order valence-electron chi connectivity index (χ0n) is 9.16. The summed E-state index contributed by atoms with van der Waals surface area (Å²) in [5, 5.41) is 8.84. The molecule has 0 aromatic carbocycles. The minimum Gasteiger partial charge on any atom is -0.394 e. The van der Waals surface area contributed by atoms with Gasteiger partial charge in [-0.1, -0.05) is 0 Å². The summed E-state index contributed by atoms with van der Waals surface area (Å²) in [5.74, 6) is 0. The van der Waals surface area contributed by atoms with Gasteiger partial charge in [-0.2, -0.15) is 0 Å². The molecule has 1 heterocycles. The first-order chi connectivity index (χ1) is 6.62. The van der Waals surface area contributed by atoms with Gasteiger partial charge in [0.1, 0.15) is 6.10 Å². The van der Waals surface area contributed by atoms with E-state index in [4.69, 9.17) is 19.3 Å². The van der Waals surface area contributed by atoms with Crippen LogP contribution in [0.4, 0.5) is 0 Å². The van der Waals surface area contributed by atoms with Gasteiger partial charge < -0.3 is 19.3 Å². The van der Waals surface area contributed by atoms with Gasteiger partial charge in [0.25, 0.3) is 0 Å². The number of hydrogen-bond acceptors (Lipinski definition) is 4. The standard InChI is InChI=1S/C10H20O4/c1-4-12-8(2)13-6-5-10(3)9(7-11)14-10/h8-9,11H,4-7H2,1-3H3. The number of rotatable bonds is 7. The molecular formula is C10H20O4. The van der Waals surface area contributed by atoms with Gasteiger partial charge in [0.2, 0.25) is 0 Å². The van der Waals surface area contributed by atoms with E-state index < -0.39 is 0 Å². The van der Waals surface area contributed by atoms with E-state index in [-0.39, 0.29) is 24.6 Å². The number of hydrogen-bond donors (Lipinski definition) is 1. The van der Waals surface area contributed by atoms with E-state index >= 15 is 0 Å². The highest BCUT2D eigenvalue weighted by molar-refractivity contribution is 4.98. The van der Waals surface area contributed by atoms with Crippen molar-refractivity contribution in [3.8, 4) is 0 Å². The second-order valence-corrected chi connectivity index (χ2v) is 3.75. The molecule has 0 radical (unpaired) electrons. The molecule has 0 amide bonds. The van der Waals surface area contributed by atoms with Gasteiger partial charge >= 0.3 is 0 Å². The van der Waals surface area contributed by atoms with Gasteiger partial charge in [-0.05, 0) is 20.8 Å². The van der Waals surface area contributed by atoms with Crippen molar-refractivity contribution in [3.05, 3.63) is 0 Å². The van der Waals surface area contributed by atoms with E-state index in [2.05, 4.69) is 0 Å². The lowest BCUT2D eigenvalue weighted by Crippen LogP contribution is -2.19. The van der Waals surface area contributed by atoms with E-state index in [0.29, 0.717) is 13.2 Å². The molecule has 3 atom stereocenters. The number of ether oxygens (including phenoxy) is 3. The molecule has 1 aliphatic heterocycles. The monoisotopic (exact) mass is 204 g/mol. The molecule has 0 aliphatic carbocycles.